The smallest absolute Gasteiger partial charge is 0.355 e. The molecule has 1 aliphatic heterocycles. The zero-order chi connectivity index (χ0) is 9.42. The van der Waals surface area contributed by atoms with Crippen LogP contribution in [-0.4, -0.2) is 24.0 Å². The van der Waals surface area contributed by atoms with Crippen molar-refractivity contribution in [3.05, 3.63) is 23.5 Å². The van der Waals surface area contributed by atoms with Crippen molar-refractivity contribution in [1.82, 2.24) is 4.57 Å². The quantitative estimate of drug-likeness (QED) is 0.607. The Kier molecular flexibility index (Phi) is 1.69. The lowest BCUT2D eigenvalue weighted by Gasteiger charge is -2.00. The molecule has 0 N–H and O–H groups in total. The van der Waals surface area contributed by atoms with E-state index in [1.807, 2.05) is 13.0 Å². The van der Waals surface area contributed by atoms with E-state index in [0.29, 0.717) is 5.69 Å². The van der Waals surface area contributed by atoms with E-state index in [9.17, 15) is 4.79 Å². The minimum Gasteiger partial charge on any atom is -0.464 e. The largest absolute Gasteiger partial charge is 0.464 e. The van der Waals surface area contributed by atoms with Crippen molar-refractivity contribution in [1.29, 1.82) is 0 Å². The molecule has 1 aromatic rings. The topological polar surface area (TPSA) is 43.6 Å². The van der Waals surface area contributed by atoms with Crippen molar-refractivity contribution in [2.24, 2.45) is 4.99 Å². The van der Waals surface area contributed by atoms with Crippen LogP contribution in [0.15, 0.2) is 17.1 Å². The van der Waals surface area contributed by atoms with Crippen molar-refractivity contribution in [3.8, 4) is 0 Å². The second kappa shape index (κ2) is 2.73. The molecule has 0 radical (unpaired) electrons. The molecule has 4 heteroatoms. The molecular weight excluding hydrogens is 168 g/mol. The van der Waals surface area contributed by atoms with E-state index in [-0.39, 0.29) is 12.0 Å². The molecule has 0 saturated heterocycles. The number of carbonyl (C=O) groups is 1. The molecule has 0 spiro atoms. The molecule has 13 heavy (non-hydrogen) atoms. The van der Waals surface area contributed by atoms with Crippen LogP contribution in [0, 0.1) is 0 Å². The van der Waals surface area contributed by atoms with Crippen LogP contribution in [0.25, 0.3) is 0 Å². The summed E-state index contributed by atoms with van der Waals surface area (Å²) in [5.74, 6) is -0.327. The summed E-state index contributed by atoms with van der Waals surface area (Å²) in [4.78, 5) is 15.4. The van der Waals surface area contributed by atoms with Gasteiger partial charge in [-0.15, -0.1) is 0 Å². The van der Waals surface area contributed by atoms with Crippen LogP contribution in [-0.2, 0) is 4.74 Å². The first-order valence-electron chi connectivity index (χ1n) is 4.07. The van der Waals surface area contributed by atoms with E-state index >= 15 is 0 Å². The van der Waals surface area contributed by atoms with Gasteiger partial charge in [0.25, 0.3) is 0 Å². The first kappa shape index (κ1) is 8.04. The molecule has 1 atom stereocenters. The van der Waals surface area contributed by atoms with E-state index in [2.05, 4.69) is 9.73 Å². The molecule has 2 rings (SSSR count). The zero-order valence-corrected chi connectivity index (χ0v) is 7.52. The van der Waals surface area contributed by atoms with Gasteiger partial charge in [-0.3, -0.25) is 9.56 Å². The van der Waals surface area contributed by atoms with Crippen molar-refractivity contribution >= 4 is 12.3 Å². The number of hydrogen-bond donors (Lipinski definition) is 0. The molecule has 68 valence electrons. The lowest BCUT2D eigenvalue weighted by atomic mass is 10.3. The summed E-state index contributed by atoms with van der Waals surface area (Å²) < 4.78 is 6.39. The van der Waals surface area contributed by atoms with E-state index in [4.69, 9.17) is 0 Å². The second-order valence-electron chi connectivity index (χ2n) is 2.95. The minimum atomic E-state index is -0.327. The molecule has 1 aromatic heterocycles. The predicted octanol–water partition coefficient (Wildman–Crippen LogP) is 1.23. The molecule has 0 amide bonds. The maximum absolute atomic E-state index is 11.2. The van der Waals surface area contributed by atoms with Crippen LogP contribution in [0.5, 0.6) is 0 Å². The molecule has 0 saturated carbocycles. The molecule has 1 aliphatic rings. The number of methoxy groups -OCH3 is 1. The third-order valence-corrected chi connectivity index (χ3v) is 2.18. The fourth-order valence-corrected chi connectivity index (χ4v) is 1.45. The molecule has 1 unspecified atom stereocenters. The molecule has 2 heterocycles. The molecule has 0 aromatic carbocycles. The summed E-state index contributed by atoms with van der Waals surface area (Å²) in [7, 11) is 1.37. The van der Waals surface area contributed by atoms with Crippen LogP contribution in [0.1, 0.15) is 29.1 Å². The molecular formula is C9H10N2O2. The first-order valence-corrected chi connectivity index (χ1v) is 4.07. The normalized spacial score (nSPS) is 18.8. The van der Waals surface area contributed by atoms with Crippen LogP contribution < -0.4 is 0 Å². The lowest BCUT2D eigenvalue weighted by molar-refractivity contribution is 0.0592. The molecule has 0 fully saturated rings. The first-order chi connectivity index (χ1) is 6.24. The Morgan fingerprint density at radius 3 is 3.08 bits per heavy atom. The van der Waals surface area contributed by atoms with E-state index in [1.54, 1.807) is 17.0 Å². The SMILES string of the molecule is COC(=O)c1ccc2n1C=NC2C. The van der Waals surface area contributed by atoms with Crippen LogP contribution >= 0.6 is 0 Å². The minimum absolute atomic E-state index is 0.137. The average molecular weight is 178 g/mol. The summed E-state index contributed by atoms with van der Waals surface area (Å²) in [6.45, 7) is 1.98. The van der Waals surface area contributed by atoms with Crippen molar-refractivity contribution < 1.29 is 9.53 Å². The maximum atomic E-state index is 11.2. The van der Waals surface area contributed by atoms with E-state index < -0.39 is 0 Å². The van der Waals surface area contributed by atoms with Gasteiger partial charge >= 0.3 is 5.97 Å². The van der Waals surface area contributed by atoms with Gasteiger partial charge in [0, 0.05) is 5.69 Å². The number of ether oxygens (including phenoxy) is 1. The summed E-state index contributed by atoms with van der Waals surface area (Å²) >= 11 is 0. The van der Waals surface area contributed by atoms with Gasteiger partial charge in [0.2, 0.25) is 0 Å². The Morgan fingerprint density at radius 2 is 2.38 bits per heavy atom. The van der Waals surface area contributed by atoms with Crippen LogP contribution in [0.3, 0.4) is 0 Å². The standard InChI is InChI=1S/C9H10N2O2/c1-6-7-3-4-8(9(12)13-2)11(7)5-10-6/h3-6H,1-2H3. The van der Waals surface area contributed by atoms with E-state index in [0.717, 1.165) is 5.69 Å². The average Bonchev–Trinajstić information content (AvgIpc) is 2.68. The summed E-state index contributed by atoms with van der Waals surface area (Å²) in [5, 5.41) is 0. The summed E-state index contributed by atoms with van der Waals surface area (Å²) in [6, 6.07) is 3.78. The Balaban J connectivity index is 2.46. The van der Waals surface area contributed by atoms with Gasteiger partial charge in [0.1, 0.15) is 5.69 Å². The summed E-state index contributed by atoms with van der Waals surface area (Å²) in [5.41, 5.74) is 1.56. The van der Waals surface area contributed by atoms with Gasteiger partial charge in [0.15, 0.2) is 0 Å². The monoisotopic (exact) mass is 178 g/mol. The fraction of sp³-hybridized carbons (Fsp3) is 0.333. The van der Waals surface area contributed by atoms with Gasteiger partial charge in [-0.05, 0) is 19.1 Å². The number of esters is 1. The highest BCUT2D eigenvalue weighted by Gasteiger charge is 2.20. The Labute approximate surface area is 75.8 Å². The third kappa shape index (κ3) is 1.06. The predicted molar refractivity (Wildman–Crippen MR) is 48.1 cm³/mol. The number of nitrogens with zero attached hydrogens (tertiary/aromatic N) is 2. The van der Waals surface area contributed by atoms with Gasteiger partial charge in [-0.1, -0.05) is 0 Å². The summed E-state index contributed by atoms with van der Waals surface area (Å²) in [6.07, 6.45) is 1.66. The van der Waals surface area contributed by atoms with E-state index in [1.165, 1.54) is 7.11 Å². The molecule has 0 bridgehead atoms. The Bertz CT molecular complexity index is 379. The highest BCUT2D eigenvalue weighted by molar-refractivity contribution is 5.91. The highest BCUT2D eigenvalue weighted by atomic mass is 16.5. The van der Waals surface area contributed by atoms with Gasteiger partial charge in [-0.25, -0.2) is 4.79 Å². The number of fused-ring (bicyclic) bond motifs is 1. The Hall–Kier alpha value is -1.58. The lowest BCUT2D eigenvalue weighted by Crippen LogP contribution is -2.09. The number of carbonyl (C=O) groups excluding carboxylic acids is 1. The number of aliphatic imine (C=N–C) groups is 1. The second-order valence-corrected chi connectivity index (χ2v) is 2.95. The third-order valence-electron chi connectivity index (χ3n) is 2.18. The van der Waals surface area contributed by atoms with Crippen molar-refractivity contribution in [2.45, 2.75) is 13.0 Å². The van der Waals surface area contributed by atoms with Crippen molar-refractivity contribution in [2.75, 3.05) is 7.11 Å². The fourth-order valence-electron chi connectivity index (χ4n) is 1.45. The van der Waals surface area contributed by atoms with Crippen LogP contribution in [0.2, 0.25) is 0 Å². The number of rotatable bonds is 1. The zero-order valence-electron chi connectivity index (χ0n) is 7.52. The maximum Gasteiger partial charge on any atom is 0.355 e. The van der Waals surface area contributed by atoms with Crippen molar-refractivity contribution in [3.63, 3.8) is 0 Å². The van der Waals surface area contributed by atoms with Gasteiger partial charge in [-0.2, -0.15) is 0 Å². The highest BCUT2D eigenvalue weighted by Crippen LogP contribution is 2.23. The number of hydrogen-bond acceptors (Lipinski definition) is 3. The Morgan fingerprint density at radius 1 is 1.62 bits per heavy atom. The molecule has 0 aliphatic carbocycles. The number of aromatic nitrogens is 1. The van der Waals surface area contributed by atoms with Crippen LogP contribution in [0.4, 0.5) is 0 Å². The van der Waals surface area contributed by atoms with Gasteiger partial charge < -0.3 is 4.74 Å². The molecule has 4 nitrogen and oxygen atoms in total. The van der Waals surface area contributed by atoms with Gasteiger partial charge in [0.05, 0.1) is 19.5 Å².